The van der Waals surface area contributed by atoms with Crippen LogP contribution in [0.1, 0.15) is 90.9 Å². The third kappa shape index (κ3) is 4.27. The molecule has 1 saturated heterocycles. The monoisotopic (exact) mass is 448 g/mol. The van der Waals surface area contributed by atoms with Crippen LogP contribution < -0.4 is 0 Å². The molecule has 5 nitrogen and oxygen atoms in total. The van der Waals surface area contributed by atoms with Crippen LogP contribution in [0.15, 0.2) is 0 Å². The first-order valence-corrected chi connectivity index (χ1v) is 13.4. The standard InChI is InChI=1S/C27H44O5/c1-3-5-12-22-25-21(13-14-23(28)20-10-8-7-9-11-20)24(29)15-16-26(25,30-17-6-4-2)27(22)31-18-19-32-27/h20-25,28-29H,3-12,15-19H2,1-2H3/t21-,22?,23+,24+,25-,26+/m0/s1. The van der Waals surface area contributed by atoms with Gasteiger partial charge in [0.1, 0.15) is 11.7 Å². The molecule has 182 valence electrons. The van der Waals surface area contributed by atoms with Gasteiger partial charge in [0.05, 0.1) is 25.2 Å². The number of aliphatic hydroxyl groups is 2. The topological polar surface area (TPSA) is 68.2 Å². The second-order valence-electron chi connectivity index (χ2n) is 10.5. The number of ether oxygens (including phenoxy) is 3. The van der Waals surface area contributed by atoms with Gasteiger partial charge in [-0.05, 0) is 44.4 Å². The lowest BCUT2D eigenvalue weighted by Crippen LogP contribution is -2.80. The van der Waals surface area contributed by atoms with Gasteiger partial charge >= 0.3 is 0 Å². The molecular weight excluding hydrogens is 404 g/mol. The highest BCUT2D eigenvalue weighted by molar-refractivity contribution is 5.27. The van der Waals surface area contributed by atoms with E-state index in [9.17, 15) is 10.2 Å². The van der Waals surface area contributed by atoms with E-state index in [-0.39, 0.29) is 23.7 Å². The Kier molecular flexibility index (Phi) is 8.22. The number of fused-ring (bicyclic) bond motifs is 2. The van der Waals surface area contributed by atoms with E-state index in [1.807, 2.05) is 0 Å². The van der Waals surface area contributed by atoms with Crippen molar-refractivity contribution in [1.29, 1.82) is 0 Å². The first-order valence-electron chi connectivity index (χ1n) is 13.4. The van der Waals surface area contributed by atoms with E-state index >= 15 is 0 Å². The fourth-order valence-corrected chi connectivity index (χ4v) is 6.96. The number of hydrogen-bond acceptors (Lipinski definition) is 5. The fraction of sp³-hybridized carbons (Fsp3) is 0.926. The highest BCUT2D eigenvalue weighted by Gasteiger charge is 2.78. The molecule has 0 aromatic rings. The summed E-state index contributed by atoms with van der Waals surface area (Å²) in [4.78, 5) is 0. The zero-order valence-corrected chi connectivity index (χ0v) is 20.2. The number of aliphatic hydroxyl groups excluding tert-OH is 2. The van der Waals surface area contributed by atoms with Gasteiger partial charge in [0, 0.05) is 18.4 Å². The van der Waals surface area contributed by atoms with E-state index in [1.54, 1.807) is 0 Å². The lowest BCUT2D eigenvalue weighted by molar-refractivity contribution is -0.422. The lowest BCUT2D eigenvalue weighted by atomic mass is 9.46. The van der Waals surface area contributed by atoms with Gasteiger partial charge in [-0.15, -0.1) is 0 Å². The minimum Gasteiger partial charge on any atom is -0.392 e. The summed E-state index contributed by atoms with van der Waals surface area (Å²) in [6.07, 6.45) is 11.3. The summed E-state index contributed by atoms with van der Waals surface area (Å²) in [5.41, 5.74) is -0.536. The number of hydrogen-bond donors (Lipinski definition) is 2. The molecule has 0 amide bonds. The first-order chi connectivity index (χ1) is 15.6. The van der Waals surface area contributed by atoms with Crippen molar-refractivity contribution >= 4 is 0 Å². The molecule has 2 N–H and O–H groups in total. The van der Waals surface area contributed by atoms with Crippen LogP contribution in [0.5, 0.6) is 0 Å². The second-order valence-corrected chi connectivity index (χ2v) is 10.5. The number of rotatable bonds is 8. The van der Waals surface area contributed by atoms with E-state index in [1.165, 1.54) is 19.3 Å². The zero-order valence-electron chi connectivity index (χ0n) is 20.2. The molecule has 4 rings (SSSR count). The van der Waals surface area contributed by atoms with E-state index in [4.69, 9.17) is 14.2 Å². The van der Waals surface area contributed by atoms with Gasteiger partial charge in [0.15, 0.2) is 0 Å². The molecule has 4 aliphatic rings. The van der Waals surface area contributed by atoms with E-state index < -0.39 is 23.6 Å². The molecule has 5 heteroatoms. The summed E-state index contributed by atoms with van der Waals surface area (Å²) < 4.78 is 19.4. The summed E-state index contributed by atoms with van der Waals surface area (Å²) in [7, 11) is 0. The third-order valence-electron chi connectivity index (χ3n) is 8.60. The van der Waals surface area contributed by atoms with Crippen molar-refractivity contribution in [3.63, 3.8) is 0 Å². The fourth-order valence-electron chi connectivity index (χ4n) is 6.96. The molecule has 1 unspecified atom stereocenters. The quantitative estimate of drug-likeness (QED) is 0.425. The first kappa shape index (κ1) is 24.5. The molecule has 0 aromatic carbocycles. The van der Waals surface area contributed by atoms with Crippen LogP contribution in [0.2, 0.25) is 0 Å². The van der Waals surface area contributed by atoms with E-state index in [2.05, 4.69) is 25.7 Å². The largest absolute Gasteiger partial charge is 0.392 e. The van der Waals surface area contributed by atoms with Gasteiger partial charge < -0.3 is 24.4 Å². The summed E-state index contributed by atoms with van der Waals surface area (Å²) in [5, 5.41) is 21.8. The predicted octanol–water partition coefficient (Wildman–Crippen LogP) is 4.44. The van der Waals surface area contributed by atoms with Gasteiger partial charge in [-0.1, -0.05) is 64.2 Å². The van der Waals surface area contributed by atoms with Crippen LogP contribution in [-0.4, -0.2) is 53.6 Å². The lowest BCUT2D eigenvalue weighted by Gasteiger charge is -2.69. The second kappa shape index (κ2) is 10.7. The molecule has 0 bridgehead atoms. The Morgan fingerprint density at radius 2 is 1.75 bits per heavy atom. The summed E-state index contributed by atoms with van der Waals surface area (Å²) >= 11 is 0. The maximum absolute atomic E-state index is 11.1. The zero-order chi connectivity index (χ0) is 22.6. The smallest absolute Gasteiger partial charge is 0.201 e. The van der Waals surface area contributed by atoms with Crippen LogP contribution in [0.3, 0.4) is 0 Å². The van der Waals surface area contributed by atoms with Gasteiger partial charge in [-0.25, -0.2) is 0 Å². The predicted molar refractivity (Wildman–Crippen MR) is 124 cm³/mol. The average molecular weight is 449 g/mol. The SMILES string of the molecule is CCCCO[C@]12CC[C@@H](O)[C@H](C#C[C@@H](O)C3CCCCC3)[C@H]1C(CCCC)C21OCCO1. The Hall–Kier alpha value is -0.640. The Bertz CT molecular complexity index is 657. The molecule has 4 fully saturated rings. The minimum absolute atomic E-state index is 0.0822. The molecule has 32 heavy (non-hydrogen) atoms. The van der Waals surface area contributed by atoms with Crippen LogP contribution in [-0.2, 0) is 14.2 Å². The van der Waals surface area contributed by atoms with Crippen LogP contribution in [0.25, 0.3) is 0 Å². The Morgan fingerprint density at radius 3 is 2.44 bits per heavy atom. The molecule has 0 radical (unpaired) electrons. The number of unbranched alkanes of at least 4 members (excludes halogenated alkanes) is 2. The molecule has 6 atom stereocenters. The normalized spacial score (nSPS) is 37.4. The van der Waals surface area contributed by atoms with Gasteiger partial charge in [-0.2, -0.15) is 0 Å². The highest BCUT2D eigenvalue weighted by Crippen LogP contribution is 2.67. The summed E-state index contributed by atoms with van der Waals surface area (Å²) in [5.74, 6) is 6.20. The Morgan fingerprint density at radius 1 is 1.03 bits per heavy atom. The maximum atomic E-state index is 11.1. The molecular formula is C27H44O5. The minimum atomic E-state index is -0.692. The molecule has 1 aliphatic heterocycles. The molecule has 3 aliphatic carbocycles. The van der Waals surface area contributed by atoms with Gasteiger partial charge in [0.25, 0.3) is 0 Å². The van der Waals surface area contributed by atoms with Crippen molar-refractivity contribution < 1.29 is 24.4 Å². The van der Waals surface area contributed by atoms with Crippen molar-refractivity contribution in [2.45, 2.75) is 114 Å². The van der Waals surface area contributed by atoms with Crippen LogP contribution >= 0.6 is 0 Å². The average Bonchev–Trinajstić information content (AvgIpc) is 3.33. The summed E-state index contributed by atoms with van der Waals surface area (Å²) in [6, 6.07) is 0. The van der Waals surface area contributed by atoms with Crippen molar-refractivity contribution in [2.75, 3.05) is 19.8 Å². The van der Waals surface area contributed by atoms with Crippen LogP contribution in [0, 0.1) is 35.5 Å². The Balaban J connectivity index is 1.61. The van der Waals surface area contributed by atoms with Crippen molar-refractivity contribution in [1.82, 2.24) is 0 Å². The molecule has 1 heterocycles. The van der Waals surface area contributed by atoms with Crippen molar-refractivity contribution in [3.8, 4) is 11.8 Å². The van der Waals surface area contributed by atoms with Crippen molar-refractivity contribution in [3.05, 3.63) is 0 Å². The summed E-state index contributed by atoms with van der Waals surface area (Å²) in [6.45, 7) is 6.28. The third-order valence-corrected chi connectivity index (χ3v) is 8.60. The van der Waals surface area contributed by atoms with E-state index in [0.717, 1.165) is 51.4 Å². The molecule has 1 spiro atoms. The van der Waals surface area contributed by atoms with Crippen LogP contribution in [0.4, 0.5) is 0 Å². The van der Waals surface area contributed by atoms with Crippen molar-refractivity contribution in [2.24, 2.45) is 23.7 Å². The van der Waals surface area contributed by atoms with Gasteiger partial charge in [-0.3, -0.25) is 0 Å². The molecule has 3 saturated carbocycles. The molecule has 0 aromatic heterocycles. The maximum Gasteiger partial charge on any atom is 0.201 e. The van der Waals surface area contributed by atoms with E-state index in [0.29, 0.717) is 26.2 Å². The highest BCUT2D eigenvalue weighted by atomic mass is 16.8. The van der Waals surface area contributed by atoms with Gasteiger partial charge in [0.2, 0.25) is 5.79 Å². The Labute approximate surface area is 194 Å².